The Morgan fingerprint density at radius 1 is 1.12 bits per heavy atom. The molecule has 10 heteroatoms. The summed E-state index contributed by atoms with van der Waals surface area (Å²) in [5, 5.41) is 14.1. The lowest BCUT2D eigenvalue weighted by Gasteiger charge is -2.22. The van der Waals surface area contributed by atoms with Gasteiger partial charge in [0.2, 0.25) is 11.8 Å². The van der Waals surface area contributed by atoms with Crippen LogP contribution in [0.1, 0.15) is 40.0 Å². The van der Waals surface area contributed by atoms with Gasteiger partial charge in [-0.2, -0.15) is 0 Å². The molecule has 2 amide bonds. The molecule has 0 saturated carbocycles. The van der Waals surface area contributed by atoms with E-state index in [0.29, 0.717) is 6.42 Å². The molecule has 0 aromatic carbocycles. The Morgan fingerprint density at radius 2 is 1.72 bits per heavy atom. The smallest absolute Gasteiger partial charge is 0.326 e. The van der Waals surface area contributed by atoms with Gasteiger partial charge in [0.15, 0.2) is 5.96 Å². The minimum absolute atomic E-state index is 0.0300. The van der Waals surface area contributed by atoms with Crippen molar-refractivity contribution in [3.8, 4) is 0 Å². The first kappa shape index (κ1) is 22.6. The molecule has 0 rings (SSSR count). The van der Waals surface area contributed by atoms with Crippen LogP contribution in [-0.2, 0) is 14.4 Å². The number of carboxylic acid groups (broad SMARTS) is 1. The normalized spacial score (nSPS) is 15.4. The second-order valence-corrected chi connectivity index (χ2v) is 5.99. The van der Waals surface area contributed by atoms with E-state index in [1.165, 1.54) is 6.92 Å². The van der Waals surface area contributed by atoms with Crippen LogP contribution < -0.4 is 27.8 Å². The number of rotatable bonds is 11. The topological polar surface area (TPSA) is 186 Å². The Hall–Kier alpha value is -2.36. The van der Waals surface area contributed by atoms with E-state index in [1.807, 2.05) is 13.8 Å². The number of aliphatic imine (C=N–C) groups is 1. The van der Waals surface area contributed by atoms with Gasteiger partial charge in [-0.05, 0) is 25.7 Å². The van der Waals surface area contributed by atoms with Gasteiger partial charge in [0.1, 0.15) is 12.1 Å². The fraction of sp³-hybridized carbons (Fsp3) is 0.733. The zero-order valence-corrected chi connectivity index (χ0v) is 15.0. The fourth-order valence-corrected chi connectivity index (χ4v) is 1.95. The van der Waals surface area contributed by atoms with E-state index in [1.54, 1.807) is 0 Å². The third-order valence-corrected chi connectivity index (χ3v) is 3.87. The van der Waals surface area contributed by atoms with Gasteiger partial charge in [-0.15, -0.1) is 0 Å². The quantitative estimate of drug-likeness (QED) is 0.147. The van der Waals surface area contributed by atoms with Crippen LogP contribution >= 0.6 is 0 Å². The number of hydrogen-bond acceptors (Lipinski definition) is 5. The number of carboxylic acids is 1. The maximum absolute atomic E-state index is 12.1. The zero-order chi connectivity index (χ0) is 19.6. The third-order valence-electron chi connectivity index (χ3n) is 3.87. The summed E-state index contributed by atoms with van der Waals surface area (Å²) >= 11 is 0. The molecule has 0 fully saturated rings. The number of aliphatic carboxylic acids is 1. The van der Waals surface area contributed by atoms with E-state index in [4.69, 9.17) is 17.2 Å². The van der Waals surface area contributed by atoms with Crippen molar-refractivity contribution in [2.75, 3.05) is 6.54 Å². The number of guanidine groups is 1. The van der Waals surface area contributed by atoms with Gasteiger partial charge in [-0.1, -0.05) is 20.3 Å². The van der Waals surface area contributed by atoms with E-state index in [0.717, 1.165) is 6.42 Å². The summed E-state index contributed by atoms with van der Waals surface area (Å²) < 4.78 is 0. The Labute approximate surface area is 147 Å². The minimum Gasteiger partial charge on any atom is -0.480 e. The molecule has 0 radical (unpaired) electrons. The van der Waals surface area contributed by atoms with Gasteiger partial charge in [-0.3, -0.25) is 14.6 Å². The molecule has 144 valence electrons. The Morgan fingerprint density at radius 3 is 2.20 bits per heavy atom. The number of carbonyl (C=O) groups is 3. The van der Waals surface area contributed by atoms with Crippen LogP contribution in [0.25, 0.3) is 0 Å². The fourth-order valence-electron chi connectivity index (χ4n) is 1.95. The van der Waals surface area contributed by atoms with Crippen molar-refractivity contribution in [1.29, 1.82) is 0 Å². The zero-order valence-electron chi connectivity index (χ0n) is 15.0. The van der Waals surface area contributed by atoms with Crippen LogP contribution in [0, 0.1) is 5.92 Å². The van der Waals surface area contributed by atoms with E-state index >= 15 is 0 Å². The molecule has 0 aromatic rings. The van der Waals surface area contributed by atoms with E-state index < -0.39 is 35.9 Å². The van der Waals surface area contributed by atoms with Crippen LogP contribution in [0.3, 0.4) is 0 Å². The number of carbonyl (C=O) groups excluding carboxylic acids is 2. The SMILES string of the molecule is CC[C@H](C)[C@H](N)C(=O)N[C@@H](C)C(=O)N[C@@H](CCCN=C(N)N)C(=O)O. The van der Waals surface area contributed by atoms with Gasteiger partial charge in [0.25, 0.3) is 0 Å². The van der Waals surface area contributed by atoms with Crippen molar-refractivity contribution >= 4 is 23.7 Å². The molecule has 0 aliphatic carbocycles. The lowest BCUT2D eigenvalue weighted by atomic mass is 9.99. The standard InChI is InChI=1S/C15H30N6O4/c1-4-8(2)11(16)13(23)20-9(3)12(22)21-10(14(24)25)6-5-7-19-15(17)18/h8-11H,4-7,16H2,1-3H3,(H,20,23)(H,21,22)(H,24,25)(H4,17,18,19)/t8-,9-,10-,11-/m0/s1. The number of hydrogen-bond donors (Lipinski definition) is 6. The molecular formula is C15H30N6O4. The minimum atomic E-state index is -1.17. The maximum atomic E-state index is 12.1. The van der Waals surface area contributed by atoms with Crippen LogP contribution in [0.5, 0.6) is 0 Å². The molecule has 0 bridgehead atoms. The predicted molar refractivity (Wildman–Crippen MR) is 94.5 cm³/mol. The number of amides is 2. The van der Waals surface area contributed by atoms with Crippen LogP contribution in [0.2, 0.25) is 0 Å². The average molecular weight is 358 g/mol. The first-order valence-electron chi connectivity index (χ1n) is 8.24. The average Bonchev–Trinajstić information content (AvgIpc) is 2.55. The first-order valence-corrected chi connectivity index (χ1v) is 8.24. The van der Waals surface area contributed by atoms with Crippen LogP contribution in [0.15, 0.2) is 4.99 Å². The lowest BCUT2D eigenvalue weighted by Crippen LogP contribution is -2.54. The predicted octanol–water partition coefficient (Wildman–Crippen LogP) is -1.51. The summed E-state index contributed by atoms with van der Waals surface area (Å²) in [7, 11) is 0. The molecule has 0 heterocycles. The number of nitrogens with one attached hydrogen (secondary N) is 2. The van der Waals surface area contributed by atoms with E-state index in [-0.39, 0.29) is 24.8 Å². The monoisotopic (exact) mass is 358 g/mol. The molecule has 0 spiro atoms. The summed E-state index contributed by atoms with van der Waals surface area (Å²) in [6, 6.07) is -2.72. The van der Waals surface area contributed by atoms with Crippen LogP contribution in [0.4, 0.5) is 0 Å². The van der Waals surface area contributed by atoms with Crippen molar-refractivity contribution in [3.05, 3.63) is 0 Å². The summed E-state index contributed by atoms with van der Waals surface area (Å²) in [5.41, 5.74) is 16.2. The Kier molecular flexibility index (Phi) is 10.2. The number of nitrogens with two attached hydrogens (primary N) is 3. The van der Waals surface area contributed by atoms with Crippen molar-refractivity contribution in [2.45, 2.75) is 58.2 Å². The molecular weight excluding hydrogens is 328 g/mol. The summed E-state index contributed by atoms with van der Waals surface area (Å²) in [6.45, 7) is 5.48. The second-order valence-electron chi connectivity index (χ2n) is 5.99. The largest absolute Gasteiger partial charge is 0.480 e. The maximum Gasteiger partial charge on any atom is 0.326 e. The van der Waals surface area contributed by atoms with E-state index in [9.17, 15) is 19.5 Å². The lowest BCUT2D eigenvalue weighted by molar-refractivity contribution is -0.142. The van der Waals surface area contributed by atoms with Crippen molar-refractivity contribution in [3.63, 3.8) is 0 Å². The number of nitrogens with zero attached hydrogens (tertiary/aromatic N) is 1. The Bertz CT molecular complexity index is 492. The molecule has 0 aliphatic heterocycles. The first-order chi connectivity index (χ1) is 11.6. The highest BCUT2D eigenvalue weighted by Crippen LogP contribution is 2.05. The highest BCUT2D eigenvalue weighted by Gasteiger charge is 2.26. The molecule has 0 unspecified atom stereocenters. The third kappa shape index (κ3) is 8.89. The molecule has 4 atom stereocenters. The summed E-state index contributed by atoms with van der Waals surface area (Å²) in [4.78, 5) is 39.1. The van der Waals surface area contributed by atoms with Gasteiger partial charge < -0.3 is 32.9 Å². The van der Waals surface area contributed by atoms with Gasteiger partial charge >= 0.3 is 5.97 Å². The summed E-state index contributed by atoms with van der Waals surface area (Å²) in [5.74, 6) is -2.33. The molecule has 10 nitrogen and oxygen atoms in total. The van der Waals surface area contributed by atoms with Crippen molar-refractivity contribution in [2.24, 2.45) is 28.1 Å². The molecule has 25 heavy (non-hydrogen) atoms. The molecule has 0 saturated heterocycles. The van der Waals surface area contributed by atoms with Crippen molar-refractivity contribution < 1.29 is 19.5 Å². The van der Waals surface area contributed by atoms with Gasteiger partial charge in [-0.25, -0.2) is 4.79 Å². The Balaban J connectivity index is 4.55. The van der Waals surface area contributed by atoms with E-state index in [2.05, 4.69) is 15.6 Å². The highest BCUT2D eigenvalue weighted by atomic mass is 16.4. The summed E-state index contributed by atoms with van der Waals surface area (Å²) in [6.07, 6.45) is 1.27. The molecule has 0 aromatic heterocycles. The second kappa shape index (κ2) is 11.2. The van der Waals surface area contributed by atoms with Gasteiger partial charge in [0, 0.05) is 6.54 Å². The van der Waals surface area contributed by atoms with Crippen molar-refractivity contribution in [1.82, 2.24) is 10.6 Å². The highest BCUT2D eigenvalue weighted by molar-refractivity contribution is 5.91. The molecule has 0 aliphatic rings. The molecule has 9 N–H and O–H groups in total. The van der Waals surface area contributed by atoms with Gasteiger partial charge in [0.05, 0.1) is 6.04 Å². The van der Waals surface area contributed by atoms with Crippen LogP contribution in [-0.4, -0.2) is 53.5 Å².